The Labute approximate surface area is 115 Å². The fourth-order valence-electron chi connectivity index (χ4n) is 2.70. The molecule has 0 amide bonds. The Morgan fingerprint density at radius 2 is 2.33 bits per heavy atom. The number of nitrogens with zero attached hydrogens (tertiary/aromatic N) is 1. The number of aryl methyl sites for hydroxylation is 1. The molecule has 0 aliphatic carbocycles. The van der Waals surface area contributed by atoms with Gasteiger partial charge in [0, 0.05) is 22.3 Å². The minimum atomic E-state index is 0.502. The standard InChI is InChI=1S/C15H26N2S/c1-4-14-7-8-15(18-14)12(2)16-10-13-6-5-9-17(3)11-13/h7-8,12-13,16H,4-6,9-11H2,1-3H3. The fourth-order valence-corrected chi connectivity index (χ4v) is 3.68. The molecule has 0 radical (unpaired) electrons. The summed E-state index contributed by atoms with van der Waals surface area (Å²) in [5, 5.41) is 3.71. The van der Waals surface area contributed by atoms with Gasteiger partial charge in [-0.15, -0.1) is 11.3 Å². The number of hydrogen-bond acceptors (Lipinski definition) is 3. The Balaban J connectivity index is 1.78. The van der Waals surface area contributed by atoms with Gasteiger partial charge in [-0.1, -0.05) is 6.92 Å². The van der Waals surface area contributed by atoms with E-state index in [4.69, 9.17) is 0 Å². The average molecular weight is 266 g/mol. The van der Waals surface area contributed by atoms with E-state index in [9.17, 15) is 0 Å². The highest BCUT2D eigenvalue weighted by Gasteiger charge is 2.18. The van der Waals surface area contributed by atoms with Crippen LogP contribution in [0.4, 0.5) is 0 Å². The Kier molecular flexibility index (Phi) is 5.22. The minimum absolute atomic E-state index is 0.502. The van der Waals surface area contributed by atoms with Gasteiger partial charge in [-0.3, -0.25) is 0 Å². The molecule has 1 fully saturated rings. The first-order valence-corrected chi connectivity index (χ1v) is 8.01. The monoisotopic (exact) mass is 266 g/mol. The molecule has 102 valence electrons. The molecule has 18 heavy (non-hydrogen) atoms. The fraction of sp³-hybridized carbons (Fsp3) is 0.733. The zero-order chi connectivity index (χ0) is 13.0. The first-order chi connectivity index (χ1) is 8.69. The number of rotatable bonds is 5. The topological polar surface area (TPSA) is 15.3 Å². The summed E-state index contributed by atoms with van der Waals surface area (Å²) < 4.78 is 0. The van der Waals surface area contributed by atoms with E-state index in [0.29, 0.717) is 6.04 Å². The molecule has 3 heteroatoms. The van der Waals surface area contributed by atoms with Crippen molar-refractivity contribution in [3.8, 4) is 0 Å². The number of piperidine rings is 1. The molecule has 2 rings (SSSR count). The highest BCUT2D eigenvalue weighted by molar-refractivity contribution is 7.12. The summed E-state index contributed by atoms with van der Waals surface area (Å²) in [5.74, 6) is 0.830. The van der Waals surface area contributed by atoms with Crippen LogP contribution < -0.4 is 5.32 Å². The van der Waals surface area contributed by atoms with Crippen LogP contribution in [0.3, 0.4) is 0 Å². The summed E-state index contributed by atoms with van der Waals surface area (Å²) >= 11 is 1.96. The maximum Gasteiger partial charge on any atom is 0.0386 e. The van der Waals surface area contributed by atoms with E-state index >= 15 is 0 Å². The Morgan fingerprint density at radius 3 is 3.00 bits per heavy atom. The predicted molar refractivity (Wildman–Crippen MR) is 80.3 cm³/mol. The van der Waals surface area contributed by atoms with E-state index in [1.165, 1.54) is 35.7 Å². The highest BCUT2D eigenvalue weighted by atomic mass is 32.1. The number of thiophene rings is 1. The zero-order valence-electron chi connectivity index (χ0n) is 11.9. The largest absolute Gasteiger partial charge is 0.309 e. The maximum absolute atomic E-state index is 3.71. The summed E-state index contributed by atoms with van der Waals surface area (Å²) in [6.45, 7) is 8.20. The van der Waals surface area contributed by atoms with Crippen molar-refractivity contribution in [2.45, 2.75) is 39.2 Å². The molecular formula is C15H26N2S. The van der Waals surface area contributed by atoms with Crippen molar-refractivity contribution in [2.75, 3.05) is 26.7 Å². The van der Waals surface area contributed by atoms with Gasteiger partial charge < -0.3 is 10.2 Å². The van der Waals surface area contributed by atoms with Crippen LogP contribution in [-0.2, 0) is 6.42 Å². The van der Waals surface area contributed by atoms with Gasteiger partial charge in [-0.25, -0.2) is 0 Å². The minimum Gasteiger partial charge on any atom is -0.309 e. The maximum atomic E-state index is 3.71. The molecule has 2 atom stereocenters. The van der Waals surface area contributed by atoms with Gasteiger partial charge in [0.2, 0.25) is 0 Å². The smallest absolute Gasteiger partial charge is 0.0386 e. The first-order valence-electron chi connectivity index (χ1n) is 7.19. The van der Waals surface area contributed by atoms with Crippen molar-refractivity contribution in [1.82, 2.24) is 10.2 Å². The van der Waals surface area contributed by atoms with Crippen molar-refractivity contribution in [3.05, 3.63) is 21.9 Å². The van der Waals surface area contributed by atoms with Gasteiger partial charge in [0.15, 0.2) is 0 Å². The molecule has 2 nitrogen and oxygen atoms in total. The predicted octanol–water partition coefficient (Wildman–Crippen LogP) is 3.30. The molecule has 0 aromatic carbocycles. The molecule has 1 saturated heterocycles. The lowest BCUT2D eigenvalue weighted by Crippen LogP contribution is -2.37. The van der Waals surface area contributed by atoms with E-state index in [2.05, 4.69) is 43.2 Å². The van der Waals surface area contributed by atoms with Gasteiger partial charge >= 0.3 is 0 Å². The Bertz CT molecular complexity index is 361. The molecule has 0 spiro atoms. The molecule has 2 unspecified atom stereocenters. The van der Waals surface area contributed by atoms with Crippen molar-refractivity contribution >= 4 is 11.3 Å². The lowest BCUT2D eigenvalue weighted by Gasteiger charge is -2.30. The molecule has 1 N–H and O–H groups in total. The summed E-state index contributed by atoms with van der Waals surface area (Å²) in [5.41, 5.74) is 0. The van der Waals surface area contributed by atoms with Gasteiger partial charge in [0.25, 0.3) is 0 Å². The molecular weight excluding hydrogens is 240 g/mol. The van der Waals surface area contributed by atoms with Crippen LogP contribution in [0, 0.1) is 5.92 Å². The summed E-state index contributed by atoms with van der Waals surface area (Å²) in [4.78, 5) is 5.44. The van der Waals surface area contributed by atoms with Crippen LogP contribution in [0.25, 0.3) is 0 Å². The van der Waals surface area contributed by atoms with Crippen LogP contribution in [0.1, 0.15) is 42.5 Å². The van der Waals surface area contributed by atoms with Crippen LogP contribution in [-0.4, -0.2) is 31.6 Å². The molecule has 1 aromatic rings. The highest BCUT2D eigenvalue weighted by Crippen LogP contribution is 2.24. The van der Waals surface area contributed by atoms with Crippen molar-refractivity contribution in [1.29, 1.82) is 0 Å². The lowest BCUT2D eigenvalue weighted by molar-refractivity contribution is 0.203. The normalized spacial score (nSPS) is 23.2. The lowest BCUT2D eigenvalue weighted by atomic mass is 9.98. The third-order valence-corrected chi connectivity index (χ3v) is 5.30. The van der Waals surface area contributed by atoms with Gasteiger partial charge in [-0.2, -0.15) is 0 Å². The summed E-state index contributed by atoms with van der Waals surface area (Å²) in [6.07, 6.45) is 3.90. The molecule has 1 aromatic heterocycles. The van der Waals surface area contributed by atoms with Gasteiger partial charge in [0.1, 0.15) is 0 Å². The first kappa shape index (κ1) is 14.0. The second kappa shape index (κ2) is 6.69. The quantitative estimate of drug-likeness (QED) is 0.879. The van der Waals surface area contributed by atoms with E-state index in [1.54, 1.807) is 0 Å². The summed E-state index contributed by atoms with van der Waals surface area (Å²) in [7, 11) is 2.24. The van der Waals surface area contributed by atoms with E-state index in [0.717, 1.165) is 18.9 Å². The summed E-state index contributed by atoms with van der Waals surface area (Å²) in [6, 6.07) is 5.06. The van der Waals surface area contributed by atoms with Crippen molar-refractivity contribution < 1.29 is 0 Å². The van der Waals surface area contributed by atoms with Crippen LogP contribution in [0.2, 0.25) is 0 Å². The molecule has 0 bridgehead atoms. The Morgan fingerprint density at radius 1 is 1.50 bits per heavy atom. The SMILES string of the molecule is CCc1ccc(C(C)NCC2CCCN(C)C2)s1. The average Bonchev–Trinajstić information content (AvgIpc) is 2.85. The van der Waals surface area contributed by atoms with Crippen molar-refractivity contribution in [2.24, 2.45) is 5.92 Å². The van der Waals surface area contributed by atoms with Crippen molar-refractivity contribution in [3.63, 3.8) is 0 Å². The van der Waals surface area contributed by atoms with Crippen LogP contribution in [0.5, 0.6) is 0 Å². The van der Waals surface area contributed by atoms with Gasteiger partial charge in [-0.05, 0) is 64.4 Å². The van der Waals surface area contributed by atoms with E-state index in [-0.39, 0.29) is 0 Å². The van der Waals surface area contributed by atoms with Gasteiger partial charge in [0.05, 0.1) is 0 Å². The van der Waals surface area contributed by atoms with E-state index < -0.39 is 0 Å². The molecule has 1 aliphatic heterocycles. The zero-order valence-corrected chi connectivity index (χ0v) is 12.7. The second-order valence-electron chi connectivity index (χ2n) is 5.56. The third-order valence-electron chi connectivity index (χ3n) is 3.89. The van der Waals surface area contributed by atoms with E-state index in [1.807, 2.05) is 11.3 Å². The third kappa shape index (κ3) is 3.81. The molecule has 0 saturated carbocycles. The molecule has 2 heterocycles. The molecule has 1 aliphatic rings. The van der Waals surface area contributed by atoms with Crippen LogP contribution >= 0.6 is 11.3 Å². The number of likely N-dealkylation sites (tertiary alicyclic amines) is 1. The number of nitrogens with one attached hydrogen (secondary N) is 1. The second-order valence-corrected chi connectivity index (χ2v) is 6.76. The van der Waals surface area contributed by atoms with Crippen LogP contribution in [0.15, 0.2) is 12.1 Å². The number of hydrogen-bond donors (Lipinski definition) is 1. The Hall–Kier alpha value is -0.380.